The second kappa shape index (κ2) is 12.8. The van der Waals surface area contributed by atoms with Gasteiger partial charge >= 0.3 is 6.18 Å². The molecule has 3 atom stereocenters. The smallest absolute Gasteiger partial charge is 0.391 e. The molecule has 1 heterocycles. The number of ether oxygens (including phenoxy) is 2. The number of likely N-dealkylation sites (N-methyl/N-ethyl adjacent to an activating group) is 1. The molecule has 0 amide bonds. The molecular formula is C27H31ClF4N4O4S2. The molecule has 1 aliphatic rings. The van der Waals surface area contributed by atoms with Crippen molar-refractivity contribution in [2.45, 2.75) is 49.0 Å². The van der Waals surface area contributed by atoms with Crippen molar-refractivity contribution >= 4 is 43.8 Å². The first-order valence-electron chi connectivity index (χ1n) is 12.9. The minimum atomic E-state index is -4.54. The SMILES string of the molecule is COc1ccc(CN(c2nccs2)S(=O)(=O)c2cc(Cl)c(NC3CCC(C(F)(F)F)CC3N(C)C)cc2F)c(OC)c1. The lowest BCUT2D eigenvalue weighted by Crippen LogP contribution is -2.49. The molecular weight excluding hydrogens is 620 g/mol. The minimum Gasteiger partial charge on any atom is -0.497 e. The number of aromatic nitrogens is 1. The Kier molecular flexibility index (Phi) is 9.80. The summed E-state index contributed by atoms with van der Waals surface area (Å²) in [6, 6.07) is 5.88. The predicted octanol–water partition coefficient (Wildman–Crippen LogP) is 6.42. The lowest BCUT2D eigenvalue weighted by Gasteiger charge is -2.41. The highest BCUT2D eigenvalue weighted by molar-refractivity contribution is 7.93. The summed E-state index contributed by atoms with van der Waals surface area (Å²) in [7, 11) is 1.74. The van der Waals surface area contributed by atoms with Gasteiger partial charge in [-0.3, -0.25) is 0 Å². The first kappa shape index (κ1) is 32.1. The third kappa shape index (κ3) is 6.87. The highest BCUT2D eigenvalue weighted by Gasteiger charge is 2.45. The quantitative estimate of drug-likeness (QED) is 0.254. The Morgan fingerprint density at radius 3 is 2.48 bits per heavy atom. The molecule has 0 aliphatic heterocycles. The van der Waals surface area contributed by atoms with E-state index in [0.29, 0.717) is 17.1 Å². The number of rotatable bonds is 10. The number of anilines is 2. The van der Waals surface area contributed by atoms with Crippen LogP contribution in [0.4, 0.5) is 28.4 Å². The first-order chi connectivity index (χ1) is 19.8. The Labute approximate surface area is 251 Å². The zero-order valence-corrected chi connectivity index (χ0v) is 25.7. The van der Waals surface area contributed by atoms with Crippen molar-refractivity contribution in [1.82, 2.24) is 9.88 Å². The van der Waals surface area contributed by atoms with E-state index < -0.39 is 44.9 Å². The summed E-state index contributed by atoms with van der Waals surface area (Å²) in [6.07, 6.45) is -2.92. The van der Waals surface area contributed by atoms with Crippen molar-refractivity contribution < 1.29 is 35.5 Å². The summed E-state index contributed by atoms with van der Waals surface area (Å²) in [5, 5.41) is 4.66. The van der Waals surface area contributed by atoms with E-state index in [0.717, 1.165) is 27.8 Å². The molecule has 0 spiro atoms. The lowest BCUT2D eigenvalue weighted by molar-refractivity contribution is -0.186. The number of methoxy groups -OCH3 is 2. The third-order valence-electron chi connectivity index (χ3n) is 7.31. The normalized spacial score (nSPS) is 19.5. The van der Waals surface area contributed by atoms with Crippen molar-refractivity contribution in [1.29, 1.82) is 0 Å². The van der Waals surface area contributed by atoms with Gasteiger partial charge in [0.05, 0.1) is 37.4 Å². The fraction of sp³-hybridized carbons (Fsp3) is 0.444. The van der Waals surface area contributed by atoms with Crippen LogP contribution in [-0.4, -0.2) is 64.9 Å². The van der Waals surface area contributed by atoms with E-state index in [1.54, 1.807) is 42.6 Å². The van der Waals surface area contributed by atoms with Crippen LogP contribution >= 0.6 is 22.9 Å². The van der Waals surface area contributed by atoms with Gasteiger partial charge < -0.3 is 19.7 Å². The maximum absolute atomic E-state index is 15.6. The van der Waals surface area contributed by atoms with Crippen molar-refractivity contribution in [2.75, 3.05) is 37.9 Å². The van der Waals surface area contributed by atoms with Crippen LogP contribution in [0.25, 0.3) is 0 Å². The van der Waals surface area contributed by atoms with Gasteiger partial charge in [-0.25, -0.2) is 22.1 Å². The Morgan fingerprint density at radius 2 is 1.88 bits per heavy atom. The second-order valence-electron chi connectivity index (χ2n) is 10.1. The summed E-state index contributed by atoms with van der Waals surface area (Å²) >= 11 is 7.53. The van der Waals surface area contributed by atoms with Crippen LogP contribution in [0.1, 0.15) is 24.8 Å². The Bertz CT molecular complexity index is 1490. The summed E-state index contributed by atoms with van der Waals surface area (Å²) in [6.45, 7) is -0.229. The van der Waals surface area contributed by atoms with Gasteiger partial charge in [-0.15, -0.1) is 11.3 Å². The zero-order valence-electron chi connectivity index (χ0n) is 23.3. The molecule has 15 heteroatoms. The predicted molar refractivity (Wildman–Crippen MR) is 155 cm³/mol. The zero-order chi connectivity index (χ0) is 30.8. The van der Waals surface area contributed by atoms with Gasteiger partial charge in [-0.2, -0.15) is 13.2 Å². The monoisotopic (exact) mass is 650 g/mol. The number of nitrogens with one attached hydrogen (secondary N) is 1. The van der Waals surface area contributed by atoms with E-state index in [9.17, 15) is 21.6 Å². The number of thiazole rings is 1. The van der Waals surface area contributed by atoms with E-state index in [2.05, 4.69) is 10.3 Å². The minimum absolute atomic E-state index is 0.0876. The van der Waals surface area contributed by atoms with Crippen molar-refractivity contribution in [3.05, 3.63) is 58.3 Å². The third-order valence-corrected chi connectivity index (χ3v) is 10.3. The number of alkyl halides is 3. The maximum Gasteiger partial charge on any atom is 0.391 e. The Balaban J connectivity index is 1.65. The number of hydrogen-bond donors (Lipinski definition) is 1. The topological polar surface area (TPSA) is 84.0 Å². The van der Waals surface area contributed by atoms with Crippen molar-refractivity contribution in [3.8, 4) is 11.5 Å². The van der Waals surface area contributed by atoms with Crippen LogP contribution < -0.4 is 19.1 Å². The van der Waals surface area contributed by atoms with E-state index in [4.69, 9.17) is 21.1 Å². The molecule has 42 heavy (non-hydrogen) atoms. The standard InChI is InChI=1S/C27H31ClF4N4O4S2/c1-35(2)23-11-17(27(30,31)32)6-8-21(23)34-22-14-20(29)25(13-19(22)28)42(37,38)36(26-33-9-10-41-26)15-16-5-7-18(39-3)12-24(16)40-4/h5,7,9-10,12-14,17,21,23,34H,6,8,11,15H2,1-4H3. The Morgan fingerprint density at radius 1 is 1.14 bits per heavy atom. The van der Waals surface area contributed by atoms with Crippen molar-refractivity contribution in [2.24, 2.45) is 5.92 Å². The van der Waals surface area contributed by atoms with E-state index in [-0.39, 0.29) is 41.6 Å². The number of benzene rings is 2. The van der Waals surface area contributed by atoms with Gasteiger partial charge in [0.2, 0.25) is 0 Å². The van der Waals surface area contributed by atoms with E-state index in [1.807, 2.05) is 0 Å². The molecule has 4 rings (SSSR count). The number of sulfonamides is 1. The molecule has 1 saturated carbocycles. The molecule has 1 aromatic heterocycles. The van der Waals surface area contributed by atoms with Crippen LogP contribution in [0, 0.1) is 11.7 Å². The van der Waals surface area contributed by atoms with Gasteiger partial charge in [-0.1, -0.05) is 11.6 Å². The van der Waals surface area contributed by atoms with Crippen molar-refractivity contribution in [3.63, 3.8) is 0 Å². The lowest BCUT2D eigenvalue weighted by atomic mass is 9.81. The summed E-state index contributed by atoms with van der Waals surface area (Å²) < 4.78 is 95.2. The van der Waals surface area contributed by atoms with Crippen LogP contribution in [0.15, 0.2) is 46.8 Å². The van der Waals surface area contributed by atoms with Gasteiger partial charge in [0.25, 0.3) is 10.0 Å². The average molecular weight is 651 g/mol. The number of halogens is 5. The fourth-order valence-corrected chi connectivity index (χ4v) is 7.70. The molecule has 230 valence electrons. The summed E-state index contributed by atoms with van der Waals surface area (Å²) in [5.41, 5.74) is 0.569. The summed E-state index contributed by atoms with van der Waals surface area (Å²) in [5.74, 6) is -1.65. The molecule has 1 N–H and O–H groups in total. The molecule has 0 radical (unpaired) electrons. The van der Waals surface area contributed by atoms with E-state index >= 15 is 4.39 Å². The van der Waals surface area contributed by atoms with Crippen LogP contribution in [-0.2, 0) is 16.6 Å². The van der Waals surface area contributed by atoms with Gasteiger partial charge in [0, 0.05) is 35.3 Å². The van der Waals surface area contributed by atoms with Gasteiger partial charge in [0.15, 0.2) is 5.13 Å². The second-order valence-corrected chi connectivity index (χ2v) is 13.2. The van der Waals surface area contributed by atoms with Crippen LogP contribution in [0.2, 0.25) is 5.02 Å². The molecule has 1 aliphatic carbocycles. The maximum atomic E-state index is 15.6. The molecule has 0 bridgehead atoms. The molecule has 0 saturated heterocycles. The average Bonchev–Trinajstić information content (AvgIpc) is 3.47. The van der Waals surface area contributed by atoms with Gasteiger partial charge in [0.1, 0.15) is 22.2 Å². The molecule has 8 nitrogen and oxygen atoms in total. The Hall–Kier alpha value is -2.81. The van der Waals surface area contributed by atoms with Crippen LogP contribution in [0.5, 0.6) is 11.5 Å². The largest absolute Gasteiger partial charge is 0.497 e. The van der Waals surface area contributed by atoms with Crippen LogP contribution in [0.3, 0.4) is 0 Å². The molecule has 3 unspecified atom stereocenters. The molecule has 1 fully saturated rings. The highest BCUT2D eigenvalue weighted by atomic mass is 35.5. The number of nitrogens with zero attached hydrogens (tertiary/aromatic N) is 3. The van der Waals surface area contributed by atoms with E-state index in [1.165, 1.54) is 20.4 Å². The first-order valence-corrected chi connectivity index (χ1v) is 15.6. The summed E-state index contributed by atoms with van der Waals surface area (Å²) in [4.78, 5) is 5.15. The molecule has 2 aromatic carbocycles. The number of hydrogen-bond acceptors (Lipinski definition) is 8. The molecule has 3 aromatic rings. The van der Waals surface area contributed by atoms with Gasteiger partial charge in [-0.05, 0) is 57.6 Å². The highest BCUT2D eigenvalue weighted by Crippen LogP contribution is 2.41. The fourth-order valence-electron chi connectivity index (χ4n) is 5.07.